The number of aromatic nitrogens is 2. The minimum atomic E-state index is -0.378. The van der Waals surface area contributed by atoms with Crippen molar-refractivity contribution >= 4 is 18.3 Å². The zero-order valence-corrected chi connectivity index (χ0v) is 16.3. The second-order valence-corrected chi connectivity index (χ2v) is 7.14. The summed E-state index contributed by atoms with van der Waals surface area (Å²) in [6.45, 7) is 7.36. The first-order chi connectivity index (χ1) is 12.1. The molecule has 2 aliphatic rings. The molecule has 3 heterocycles. The number of halogens is 1. The summed E-state index contributed by atoms with van der Waals surface area (Å²) < 4.78 is 5.46. The number of aryl methyl sites for hydroxylation is 1. The minimum Gasteiger partial charge on any atom is -0.381 e. The van der Waals surface area contributed by atoms with Crippen LogP contribution in [0.5, 0.6) is 0 Å². The summed E-state index contributed by atoms with van der Waals surface area (Å²) in [6, 6.07) is 0.621. The number of carbonyl (C=O) groups is 1. The number of ether oxygens (including phenoxy) is 1. The third-order valence-electron chi connectivity index (χ3n) is 5.32. The molecule has 2 atom stereocenters. The average Bonchev–Trinajstić information content (AvgIpc) is 2.98. The number of carbonyl (C=O) groups excluding carboxylic acids is 1. The van der Waals surface area contributed by atoms with E-state index in [0.29, 0.717) is 17.8 Å². The van der Waals surface area contributed by atoms with Crippen LogP contribution in [0.2, 0.25) is 0 Å². The first kappa shape index (κ1) is 20.9. The molecule has 8 heteroatoms. The van der Waals surface area contributed by atoms with Crippen molar-refractivity contribution in [3.63, 3.8) is 0 Å². The number of likely N-dealkylation sites (tertiary alicyclic amines) is 1. The smallest absolute Gasteiger partial charge is 0.263 e. The van der Waals surface area contributed by atoms with Gasteiger partial charge in [0.05, 0.1) is 0 Å². The zero-order valence-electron chi connectivity index (χ0n) is 15.5. The Morgan fingerprint density at radius 3 is 2.77 bits per heavy atom. The lowest BCUT2D eigenvalue weighted by Gasteiger charge is -2.31. The van der Waals surface area contributed by atoms with Gasteiger partial charge < -0.3 is 15.0 Å². The number of aromatic amines is 1. The molecule has 2 N–H and O–H groups in total. The van der Waals surface area contributed by atoms with Gasteiger partial charge in [-0.25, -0.2) is 4.98 Å². The number of H-pyrrole nitrogens is 1. The monoisotopic (exact) mass is 384 g/mol. The van der Waals surface area contributed by atoms with Gasteiger partial charge in [0.2, 0.25) is 0 Å². The maximum atomic E-state index is 12.6. The molecule has 2 saturated heterocycles. The molecule has 2 aliphatic heterocycles. The van der Waals surface area contributed by atoms with Gasteiger partial charge in [0, 0.05) is 44.6 Å². The van der Waals surface area contributed by atoms with Crippen molar-refractivity contribution in [2.45, 2.75) is 51.6 Å². The van der Waals surface area contributed by atoms with E-state index < -0.39 is 0 Å². The van der Waals surface area contributed by atoms with Crippen molar-refractivity contribution in [1.82, 2.24) is 20.2 Å². The average molecular weight is 385 g/mol. The molecule has 2 fully saturated rings. The summed E-state index contributed by atoms with van der Waals surface area (Å²) >= 11 is 0. The molecule has 26 heavy (non-hydrogen) atoms. The van der Waals surface area contributed by atoms with E-state index >= 15 is 0 Å². The largest absolute Gasteiger partial charge is 0.381 e. The molecule has 0 bridgehead atoms. The van der Waals surface area contributed by atoms with E-state index in [-0.39, 0.29) is 35.5 Å². The summed E-state index contributed by atoms with van der Waals surface area (Å²) in [5.41, 5.74) is -0.290. The number of rotatable bonds is 5. The van der Waals surface area contributed by atoms with Crippen molar-refractivity contribution in [2.24, 2.45) is 5.92 Å². The van der Waals surface area contributed by atoms with Crippen molar-refractivity contribution in [3.8, 4) is 0 Å². The lowest BCUT2D eigenvalue weighted by molar-refractivity contribution is 0.0405. The molecule has 146 valence electrons. The highest BCUT2D eigenvalue weighted by Gasteiger charge is 2.37. The predicted octanol–water partition coefficient (Wildman–Crippen LogP) is 1.51. The third-order valence-corrected chi connectivity index (χ3v) is 5.32. The molecular weight excluding hydrogens is 356 g/mol. The van der Waals surface area contributed by atoms with Crippen LogP contribution in [0.1, 0.15) is 48.8 Å². The molecule has 0 unspecified atom stereocenters. The van der Waals surface area contributed by atoms with Gasteiger partial charge in [0.25, 0.3) is 11.5 Å². The lowest BCUT2D eigenvalue weighted by Crippen LogP contribution is -2.44. The van der Waals surface area contributed by atoms with Crippen molar-refractivity contribution in [2.75, 3.05) is 26.3 Å². The second-order valence-electron chi connectivity index (χ2n) is 7.14. The van der Waals surface area contributed by atoms with E-state index in [1.54, 1.807) is 6.92 Å². The van der Waals surface area contributed by atoms with Crippen molar-refractivity contribution in [1.29, 1.82) is 0 Å². The van der Waals surface area contributed by atoms with Crippen LogP contribution >= 0.6 is 12.4 Å². The molecule has 0 radical (unpaired) electrons. The van der Waals surface area contributed by atoms with Gasteiger partial charge in [-0.3, -0.25) is 14.5 Å². The summed E-state index contributed by atoms with van der Waals surface area (Å²) in [5.74, 6) is 0.611. The van der Waals surface area contributed by atoms with Crippen LogP contribution in [0.15, 0.2) is 11.0 Å². The van der Waals surface area contributed by atoms with Crippen LogP contribution in [0.3, 0.4) is 0 Å². The number of nitrogens with one attached hydrogen (secondary N) is 2. The number of amides is 1. The van der Waals surface area contributed by atoms with Gasteiger partial charge in [0.15, 0.2) is 0 Å². The molecule has 7 nitrogen and oxygen atoms in total. The Morgan fingerprint density at radius 2 is 2.12 bits per heavy atom. The van der Waals surface area contributed by atoms with Gasteiger partial charge in [-0.2, -0.15) is 0 Å². The third kappa shape index (κ3) is 4.84. The summed E-state index contributed by atoms with van der Waals surface area (Å²) in [6.07, 6.45) is 5.64. The number of hydrogen-bond donors (Lipinski definition) is 2. The predicted molar refractivity (Wildman–Crippen MR) is 102 cm³/mol. The standard InChI is InChI=1S/C18H28N4O3.ClH/c1-3-4-13-10-22(14-5-7-25-8-6-14)11-16(13)21-18(24)15-9-19-12(2)20-17(15)23;/h9,13-14,16H,3-8,10-11H2,1-2H3,(H,21,24)(H,19,20,23);1H/t13-,16-;/m0./s1. The highest BCUT2D eigenvalue weighted by molar-refractivity contribution is 5.93. The fraction of sp³-hybridized carbons (Fsp3) is 0.722. The summed E-state index contributed by atoms with van der Waals surface area (Å²) in [7, 11) is 0. The highest BCUT2D eigenvalue weighted by atomic mass is 35.5. The molecule has 1 amide bonds. The van der Waals surface area contributed by atoms with Crippen LogP contribution in [-0.4, -0.2) is 59.2 Å². The SMILES string of the molecule is CCC[C@H]1CN(C2CCOCC2)C[C@@H]1NC(=O)c1cnc(C)[nH]c1=O.Cl. The normalized spacial score (nSPS) is 24.2. The van der Waals surface area contributed by atoms with Crippen LogP contribution in [0, 0.1) is 12.8 Å². The summed E-state index contributed by atoms with van der Waals surface area (Å²) in [4.78, 5) is 33.7. The molecule has 0 spiro atoms. The Bertz CT molecular complexity index is 660. The fourth-order valence-electron chi connectivity index (χ4n) is 3.97. The maximum absolute atomic E-state index is 12.6. The number of nitrogens with zero attached hydrogens (tertiary/aromatic N) is 2. The van der Waals surface area contributed by atoms with Gasteiger partial charge in [-0.05, 0) is 32.1 Å². The van der Waals surface area contributed by atoms with Crippen LogP contribution in [0.4, 0.5) is 0 Å². The summed E-state index contributed by atoms with van der Waals surface area (Å²) in [5, 5.41) is 3.09. The van der Waals surface area contributed by atoms with Gasteiger partial charge in [0.1, 0.15) is 11.4 Å². The Balaban J connectivity index is 0.00000243. The van der Waals surface area contributed by atoms with Gasteiger partial charge in [-0.1, -0.05) is 13.3 Å². The fourth-order valence-corrected chi connectivity index (χ4v) is 3.97. The molecule has 3 rings (SSSR count). The second kappa shape index (κ2) is 9.48. The molecule has 1 aromatic heterocycles. The quantitative estimate of drug-likeness (QED) is 0.803. The van der Waals surface area contributed by atoms with E-state index in [1.165, 1.54) is 6.20 Å². The van der Waals surface area contributed by atoms with Crippen LogP contribution in [-0.2, 0) is 4.74 Å². The van der Waals surface area contributed by atoms with Crippen LogP contribution in [0.25, 0.3) is 0 Å². The maximum Gasteiger partial charge on any atom is 0.263 e. The first-order valence-electron chi connectivity index (χ1n) is 9.27. The molecule has 0 saturated carbocycles. The molecule has 0 aliphatic carbocycles. The minimum absolute atomic E-state index is 0. The lowest BCUT2D eigenvalue weighted by atomic mass is 9.98. The Kier molecular flexibility index (Phi) is 7.61. The number of hydrogen-bond acceptors (Lipinski definition) is 5. The molecular formula is C18H29ClN4O3. The zero-order chi connectivity index (χ0) is 17.8. The van der Waals surface area contributed by atoms with Gasteiger partial charge in [-0.15, -0.1) is 12.4 Å². The topological polar surface area (TPSA) is 87.3 Å². The Labute approximate surface area is 160 Å². The molecule has 0 aromatic carbocycles. The van der Waals surface area contributed by atoms with E-state index in [0.717, 1.165) is 52.0 Å². The Morgan fingerprint density at radius 1 is 1.38 bits per heavy atom. The molecule has 1 aromatic rings. The van der Waals surface area contributed by atoms with E-state index in [4.69, 9.17) is 4.74 Å². The van der Waals surface area contributed by atoms with Crippen molar-refractivity contribution in [3.05, 3.63) is 27.9 Å². The Hall–Kier alpha value is -1.44. The first-order valence-corrected chi connectivity index (χ1v) is 9.27. The van der Waals surface area contributed by atoms with Crippen LogP contribution < -0.4 is 10.9 Å². The van der Waals surface area contributed by atoms with Crippen molar-refractivity contribution < 1.29 is 9.53 Å². The van der Waals surface area contributed by atoms with Gasteiger partial charge >= 0.3 is 0 Å². The van der Waals surface area contributed by atoms with E-state index in [9.17, 15) is 9.59 Å². The highest BCUT2D eigenvalue weighted by Crippen LogP contribution is 2.27. The van der Waals surface area contributed by atoms with E-state index in [2.05, 4.69) is 27.1 Å². The van der Waals surface area contributed by atoms with E-state index in [1.807, 2.05) is 0 Å².